The molecule has 0 bridgehead atoms. The molecule has 112 valence electrons. The van der Waals surface area contributed by atoms with Gasteiger partial charge in [-0.15, -0.1) is 0 Å². The third kappa shape index (κ3) is 3.91. The van der Waals surface area contributed by atoms with Crippen molar-refractivity contribution in [2.45, 2.75) is 32.5 Å². The first-order chi connectivity index (χ1) is 9.72. The first kappa shape index (κ1) is 14.7. The highest BCUT2D eigenvalue weighted by molar-refractivity contribution is 5.68. The Bertz CT molecular complexity index is 437. The van der Waals surface area contributed by atoms with E-state index in [9.17, 15) is 4.79 Å². The van der Waals surface area contributed by atoms with Crippen LogP contribution in [-0.2, 0) is 22.6 Å². The minimum absolute atomic E-state index is 0.220. The maximum Gasteiger partial charge on any atom is 0.409 e. The summed E-state index contributed by atoms with van der Waals surface area (Å²) in [6.45, 7) is 4.36. The van der Waals surface area contributed by atoms with Gasteiger partial charge in [-0.25, -0.2) is 4.79 Å². The fourth-order valence-electron chi connectivity index (χ4n) is 2.09. The topological polar surface area (TPSA) is 89.7 Å². The van der Waals surface area contributed by atoms with Crippen LogP contribution in [0.15, 0.2) is 4.52 Å². The standard InChI is InChI=1S/C12H20N4O4/c1-3-19-12(17)16-5-4-9(7-16)13-6-11-14-10(8-18-2)15-20-11/h9,13H,3-8H2,1-2H3/t9-/m0/s1. The Morgan fingerprint density at radius 3 is 3.20 bits per heavy atom. The van der Waals surface area contributed by atoms with Crippen LogP contribution in [0.4, 0.5) is 4.79 Å². The summed E-state index contributed by atoms with van der Waals surface area (Å²) in [5.74, 6) is 1.05. The van der Waals surface area contributed by atoms with E-state index in [1.165, 1.54) is 0 Å². The van der Waals surface area contributed by atoms with Gasteiger partial charge in [-0.3, -0.25) is 0 Å². The summed E-state index contributed by atoms with van der Waals surface area (Å²) in [5, 5.41) is 7.08. The van der Waals surface area contributed by atoms with E-state index in [0.717, 1.165) is 6.42 Å². The van der Waals surface area contributed by atoms with Crippen LogP contribution in [-0.4, -0.2) is 54.0 Å². The van der Waals surface area contributed by atoms with E-state index in [1.807, 2.05) is 0 Å². The smallest absolute Gasteiger partial charge is 0.409 e. The van der Waals surface area contributed by atoms with Crippen molar-refractivity contribution in [2.75, 3.05) is 26.8 Å². The lowest BCUT2D eigenvalue weighted by molar-refractivity contribution is 0.115. The van der Waals surface area contributed by atoms with Gasteiger partial charge in [0, 0.05) is 26.2 Å². The maximum absolute atomic E-state index is 11.6. The minimum Gasteiger partial charge on any atom is -0.450 e. The zero-order valence-electron chi connectivity index (χ0n) is 11.8. The Morgan fingerprint density at radius 2 is 2.45 bits per heavy atom. The second-order valence-corrected chi connectivity index (χ2v) is 4.55. The van der Waals surface area contributed by atoms with Crippen LogP contribution < -0.4 is 5.32 Å². The van der Waals surface area contributed by atoms with Gasteiger partial charge in [-0.05, 0) is 13.3 Å². The average Bonchev–Trinajstić information content (AvgIpc) is 3.06. The number of nitrogens with zero attached hydrogens (tertiary/aromatic N) is 3. The van der Waals surface area contributed by atoms with Crippen LogP contribution in [0.1, 0.15) is 25.1 Å². The van der Waals surface area contributed by atoms with Gasteiger partial charge in [0.15, 0.2) is 5.82 Å². The lowest BCUT2D eigenvalue weighted by Crippen LogP contribution is -2.35. The second kappa shape index (κ2) is 7.20. The number of rotatable bonds is 6. The number of methoxy groups -OCH3 is 1. The molecule has 1 amide bonds. The average molecular weight is 284 g/mol. The molecule has 1 aliphatic heterocycles. The number of amides is 1. The van der Waals surface area contributed by atoms with E-state index in [2.05, 4.69) is 15.5 Å². The van der Waals surface area contributed by atoms with E-state index in [4.69, 9.17) is 14.0 Å². The Hall–Kier alpha value is -1.67. The predicted octanol–water partition coefficient (Wildman–Crippen LogP) is 0.536. The molecular formula is C12H20N4O4. The first-order valence-corrected chi connectivity index (χ1v) is 6.68. The van der Waals surface area contributed by atoms with Gasteiger partial charge in [-0.2, -0.15) is 4.98 Å². The molecule has 1 fully saturated rings. The molecular weight excluding hydrogens is 264 g/mol. The molecule has 0 aromatic carbocycles. The van der Waals surface area contributed by atoms with Gasteiger partial charge in [0.25, 0.3) is 0 Å². The number of aromatic nitrogens is 2. The Kier molecular flexibility index (Phi) is 5.31. The van der Waals surface area contributed by atoms with Crippen molar-refractivity contribution in [3.63, 3.8) is 0 Å². The van der Waals surface area contributed by atoms with Crippen LogP contribution in [0.3, 0.4) is 0 Å². The second-order valence-electron chi connectivity index (χ2n) is 4.55. The number of likely N-dealkylation sites (tertiary alicyclic amines) is 1. The Morgan fingerprint density at radius 1 is 1.60 bits per heavy atom. The summed E-state index contributed by atoms with van der Waals surface area (Å²) in [7, 11) is 1.58. The molecule has 8 nitrogen and oxygen atoms in total. The van der Waals surface area contributed by atoms with Crippen LogP contribution >= 0.6 is 0 Å². The quantitative estimate of drug-likeness (QED) is 0.815. The zero-order chi connectivity index (χ0) is 14.4. The van der Waals surface area contributed by atoms with E-state index in [-0.39, 0.29) is 12.1 Å². The van der Waals surface area contributed by atoms with Crippen LogP contribution in [0, 0.1) is 0 Å². The van der Waals surface area contributed by atoms with Crippen molar-refractivity contribution in [3.05, 3.63) is 11.7 Å². The monoisotopic (exact) mass is 284 g/mol. The lowest BCUT2D eigenvalue weighted by atomic mass is 10.2. The lowest BCUT2D eigenvalue weighted by Gasteiger charge is -2.15. The van der Waals surface area contributed by atoms with Crippen molar-refractivity contribution >= 4 is 6.09 Å². The van der Waals surface area contributed by atoms with Crippen molar-refractivity contribution in [1.29, 1.82) is 0 Å². The molecule has 0 spiro atoms. The van der Waals surface area contributed by atoms with E-state index in [0.29, 0.717) is 44.6 Å². The third-order valence-corrected chi connectivity index (χ3v) is 3.04. The van der Waals surface area contributed by atoms with Gasteiger partial charge < -0.3 is 24.2 Å². The number of hydrogen-bond donors (Lipinski definition) is 1. The SMILES string of the molecule is CCOC(=O)N1CC[C@H](NCc2nc(COC)no2)C1. The molecule has 1 N–H and O–H groups in total. The summed E-state index contributed by atoms with van der Waals surface area (Å²) in [4.78, 5) is 17.4. The fraction of sp³-hybridized carbons (Fsp3) is 0.750. The summed E-state index contributed by atoms with van der Waals surface area (Å²) in [6.07, 6.45) is 0.634. The zero-order valence-corrected chi connectivity index (χ0v) is 11.8. The fourth-order valence-corrected chi connectivity index (χ4v) is 2.09. The summed E-state index contributed by atoms with van der Waals surface area (Å²) < 4.78 is 15.0. The Labute approximate surface area is 117 Å². The normalized spacial score (nSPS) is 18.5. The van der Waals surface area contributed by atoms with Crippen molar-refractivity contribution < 1.29 is 18.8 Å². The first-order valence-electron chi connectivity index (χ1n) is 6.68. The van der Waals surface area contributed by atoms with Crippen molar-refractivity contribution in [3.8, 4) is 0 Å². The molecule has 2 rings (SSSR count). The molecule has 8 heteroatoms. The molecule has 20 heavy (non-hydrogen) atoms. The highest BCUT2D eigenvalue weighted by atomic mass is 16.6. The van der Waals surface area contributed by atoms with Gasteiger partial charge in [0.1, 0.15) is 6.61 Å². The van der Waals surface area contributed by atoms with Crippen LogP contribution in [0.25, 0.3) is 0 Å². The van der Waals surface area contributed by atoms with E-state index in [1.54, 1.807) is 18.9 Å². The maximum atomic E-state index is 11.6. The predicted molar refractivity (Wildman–Crippen MR) is 68.9 cm³/mol. The molecule has 0 saturated carbocycles. The molecule has 1 aliphatic rings. The molecule has 1 atom stereocenters. The summed E-state index contributed by atoms with van der Waals surface area (Å²) >= 11 is 0. The number of nitrogens with one attached hydrogen (secondary N) is 1. The molecule has 1 aromatic heterocycles. The highest BCUT2D eigenvalue weighted by Crippen LogP contribution is 2.11. The Balaban J connectivity index is 1.73. The third-order valence-electron chi connectivity index (χ3n) is 3.04. The molecule has 2 heterocycles. The molecule has 0 radical (unpaired) electrons. The van der Waals surface area contributed by atoms with E-state index >= 15 is 0 Å². The van der Waals surface area contributed by atoms with E-state index < -0.39 is 0 Å². The van der Waals surface area contributed by atoms with Gasteiger partial charge in [0.05, 0.1) is 13.2 Å². The number of carbonyl (C=O) groups is 1. The van der Waals surface area contributed by atoms with Gasteiger partial charge in [0.2, 0.25) is 5.89 Å². The van der Waals surface area contributed by atoms with Crippen molar-refractivity contribution in [1.82, 2.24) is 20.4 Å². The molecule has 1 saturated heterocycles. The number of carbonyl (C=O) groups excluding carboxylic acids is 1. The largest absolute Gasteiger partial charge is 0.450 e. The van der Waals surface area contributed by atoms with Crippen LogP contribution in [0.2, 0.25) is 0 Å². The summed E-state index contributed by atoms with van der Waals surface area (Å²) in [6, 6.07) is 0.220. The van der Waals surface area contributed by atoms with Crippen molar-refractivity contribution in [2.24, 2.45) is 0 Å². The molecule has 0 aliphatic carbocycles. The number of hydrogen-bond acceptors (Lipinski definition) is 7. The van der Waals surface area contributed by atoms with Gasteiger partial charge in [-0.1, -0.05) is 5.16 Å². The number of ether oxygens (including phenoxy) is 2. The minimum atomic E-state index is -0.253. The van der Waals surface area contributed by atoms with Gasteiger partial charge >= 0.3 is 6.09 Å². The molecule has 0 unspecified atom stereocenters. The highest BCUT2D eigenvalue weighted by Gasteiger charge is 2.26. The van der Waals surface area contributed by atoms with Crippen LogP contribution in [0.5, 0.6) is 0 Å². The molecule has 1 aromatic rings. The summed E-state index contributed by atoms with van der Waals surface area (Å²) in [5.41, 5.74) is 0.